The van der Waals surface area contributed by atoms with E-state index in [4.69, 9.17) is 4.74 Å². The molecular formula is C25H34N3O5S2+. The number of fused-ring (bicyclic) bond motifs is 1. The molecule has 3 atom stereocenters. The van der Waals surface area contributed by atoms with Gasteiger partial charge in [-0.05, 0) is 55.0 Å². The molecule has 2 aliphatic heterocycles. The number of carbonyl (C=O) groups excluding carboxylic acids is 2. The lowest BCUT2D eigenvalue weighted by Gasteiger charge is -2.34. The molecule has 0 saturated carbocycles. The molecule has 1 aromatic heterocycles. The Labute approximate surface area is 211 Å². The van der Waals surface area contributed by atoms with Crippen LogP contribution in [0.4, 0.5) is 5.00 Å². The summed E-state index contributed by atoms with van der Waals surface area (Å²) in [6.45, 7) is 10.0. The number of nitrogens with zero attached hydrogens (tertiary/aromatic N) is 1. The minimum Gasteiger partial charge on any atom is -0.465 e. The van der Waals surface area contributed by atoms with Gasteiger partial charge in [-0.1, -0.05) is 13.8 Å². The fourth-order valence-electron chi connectivity index (χ4n) is 5.15. The summed E-state index contributed by atoms with van der Waals surface area (Å²) in [5.41, 5.74) is 1.72. The Morgan fingerprint density at radius 2 is 1.83 bits per heavy atom. The zero-order chi connectivity index (χ0) is 25.3. The number of sulfonamides is 1. The molecule has 8 nitrogen and oxygen atoms in total. The number of quaternary nitrogens is 1. The highest BCUT2D eigenvalue weighted by atomic mass is 32.2. The second-order valence-corrected chi connectivity index (χ2v) is 12.8. The van der Waals surface area contributed by atoms with E-state index in [-0.39, 0.29) is 4.90 Å². The normalized spacial score (nSPS) is 22.9. The average Bonchev–Trinajstić information content (AvgIpc) is 3.19. The van der Waals surface area contributed by atoms with Gasteiger partial charge in [0, 0.05) is 25.1 Å². The van der Waals surface area contributed by atoms with Crippen LogP contribution in [0, 0.1) is 11.8 Å². The predicted octanol–water partition coefficient (Wildman–Crippen LogP) is 2.41. The smallest absolute Gasteiger partial charge is 0.341 e. The van der Waals surface area contributed by atoms with Crippen molar-refractivity contribution in [2.45, 2.75) is 45.1 Å². The topological polar surface area (TPSA) is 97.2 Å². The van der Waals surface area contributed by atoms with Gasteiger partial charge in [0.25, 0.3) is 5.91 Å². The van der Waals surface area contributed by atoms with Gasteiger partial charge in [-0.2, -0.15) is 4.31 Å². The van der Waals surface area contributed by atoms with E-state index in [1.807, 2.05) is 0 Å². The molecule has 0 spiro atoms. The van der Waals surface area contributed by atoms with Crippen molar-refractivity contribution in [3.05, 3.63) is 45.8 Å². The van der Waals surface area contributed by atoms with E-state index in [2.05, 4.69) is 26.1 Å². The summed E-state index contributed by atoms with van der Waals surface area (Å²) in [5.74, 6) is -0.225. The molecule has 0 radical (unpaired) electrons. The molecule has 1 aromatic carbocycles. The quantitative estimate of drug-likeness (QED) is 0.571. The monoisotopic (exact) mass is 520 g/mol. The largest absolute Gasteiger partial charge is 0.465 e. The second kappa shape index (κ2) is 10.4. The van der Waals surface area contributed by atoms with Gasteiger partial charge in [-0.25, -0.2) is 13.2 Å². The Hall–Kier alpha value is -2.27. The first-order valence-corrected chi connectivity index (χ1v) is 14.4. The summed E-state index contributed by atoms with van der Waals surface area (Å²) in [6, 6.07) is 6.01. The molecule has 2 aliphatic rings. The number of likely N-dealkylation sites (N-methyl/N-ethyl adjacent to an activating group) is 1. The molecule has 0 bridgehead atoms. The fraction of sp³-hybridized carbons (Fsp3) is 0.520. The molecule has 1 saturated heterocycles. The lowest BCUT2D eigenvalue weighted by Crippen LogP contribution is -3.11. The van der Waals surface area contributed by atoms with Crippen molar-refractivity contribution < 1.29 is 27.6 Å². The van der Waals surface area contributed by atoms with Crippen LogP contribution in [0.15, 0.2) is 29.2 Å². The molecule has 2 N–H and O–H groups in total. The van der Waals surface area contributed by atoms with E-state index in [1.165, 1.54) is 47.6 Å². The number of methoxy groups -OCH3 is 1. The van der Waals surface area contributed by atoms with Crippen LogP contribution >= 0.6 is 11.3 Å². The van der Waals surface area contributed by atoms with Crippen molar-refractivity contribution in [1.29, 1.82) is 0 Å². The van der Waals surface area contributed by atoms with Crippen molar-refractivity contribution in [2.75, 3.05) is 38.6 Å². The maximum Gasteiger partial charge on any atom is 0.341 e. The highest BCUT2D eigenvalue weighted by Crippen LogP contribution is 2.35. The van der Waals surface area contributed by atoms with Crippen LogP contribution in [0.25, 0.3) is 0 Å². The Bertz CT molecular complexity index is 1200. The number of nitrogens with one attached hydrogen (secondary N) is 2. The Kier molecular flexibility index (Phi) is 7.65. The summed E-state index contributed by atoms with van der Waals surface area (Å²) >= 11 is 1.42. The van der Waals surface area contributed by atoms with E-state index in [0.717, 1.165) is 42.9 Å². The third-order valence-electron chi connectivity index (χ3n) is 6.94. The fourth-order valence-corrected chi connectivity index (χ4v) is 8.13. The van der Waals surface area contributed by atoms with Crippen LogP contribution < -0.4 is 10.2 Å². The minimum absolute atomic E-state index is 0.180. The maximum absolute atomic E-state index is 13.1. The van der Waals surface area contributed by atoms with E-state index in [1.54, 1.807) is 4.31 Å². The van der Waals surface area contributed by atoms with Crippen LogP contribution in [0.3, 0.4) is 0 Å². The highest BCUT2D eigenvalue weighted by molar-refractivity contribution is 7.89. The van der Waals surface area contributed by atoms with Gasteiger partial charge in [0.15, 0.2) is 0 Å². The van der Waals surface area contributed by atoms with Gasteiger partial charge >= 0.3 is 5.97 Å². The second-order valence-electron chi connectivity index (χ2n) is 9.73. The van der Waals surface area contributed by atoms with Crippen molar-refractivity contribution >= 4 is 38.2 Å². The van der Waals surface area contributed by atoms with Crippen molar-refractivity contribution in [2.24, 2.45) is 11.8 Å². The van der Waals surface area contributed by atoms with Gasteiger partial charge in [0.1, 0.15) is 11.5 Å². The third kappa shape index (κ3) is 5.30. The lowest BCUT2D eigenvalue weighted by atomic mass is 9.94. The number of piperidine rings is 1. The molecular weight excluding hydrogens is 486 g/mol. The molecule has 4 rings (SSSR count). The Morgan fingerprint density at radius 3 is 2.43 bits per heavy atom. The van der Waals surface area contributed by atoms with E-state index in [9.17, 15) is 18.0 Å². The summed E-state index contributed by atoms with van der Waals surface area (Å²) in [4.78, 5) is 28.3. The van der Waals surface area contributed by atoms with E-state index < -0.39 is 21.9 Å². The molecule has 3 unspecified atom stereocenters. The standard InChI is InChI=1S/C25H33N3O5S2/c1-5-27-11-10-20-21(15-27)34-24(22(20)25(30)33-4)26-23(29)18-6-8-19(9-7-18)35(31,32)28-13-16(2)12-17(3)14-28/h6-9,16-17H,5,10-15H2,1-4H3,(H,26,29)/p+1. The van der Waals surface area contributed by atoms with Crippen LogP contribution in [0.1, 0.15) is 58.3 Å². The predicted molar refractivity (Wildman–Crippen MR) is 136 cm³/mol. The van der Waals surface area contributed by atoms with Gasteiger partial charge in [0.2, 0.25) is 10.0 Å². The molecule has 2 aromatic rings. The summed E-state index contributed by atoms with van der Waals surface area (Å²) < 4.78 is 32.8. The number of hydrogen-bond donors (Lipinski definition) is 2. The van der Waals surface area contributed by atoms with Gasteiger partial charge in [-0.15, -0.1) is 11.3 Å². The molecule has 1 fully saturated rings. The molecule has 1 amide bonds. The number of amides is 1. The first kappa shape index (κ1) is 25.8. The number of esters is 1. The summed E-state index contributed by atoms with van der Waals surface area (Å²) in [7, 11) is -2.28. The number of anilines is 1. The van der Waals surface area contributed by atoms with Crippen LogP contribution in [0.5, 0.6) is 0 Å². The Morgan fingerprint density at radius 1 is 1.17 bits per heavy atom. The first-order chi connectivity index (χ1) is 16.6. The third-order valence-corrected chi connectivity index (χ3v) is 9.93. The van der Waals surface area contributed by atoms with Gasteiger partial charge in [0.05, 0.1) is 35.5 Å². The van der Waals surface area contributed by atoms with E-state index in [0.29, 0.717) is 41.1 Å². The van der Waals surface area contributed by atoms with Gasteiger partial charge in [-0.3, -0.25) is 4.79 Å². The van der Waals surface area contributed by atoms with Crippen LogP contribution in [-0.2, 0) is 27.7 Å². The average molecular weight is 521 g/mol. The minimum atomic E-state index is -3.62. The van der Waals surface area contributed by atoms with Crippen molar-refractivity contribution in [3.63, 3.8) is 0 Å². The SMILES string of the molecule is CC[NH+]1CCc2c(sc(NC(=O)c3ccc(S(=O)(=O)N4CC(C)CC(C)C4)cc3)c2C(=O)OC)C1. The zero-order valence-electron chi connectivity index (χ0n) is 20.7. The number of benzene rings is 1. The first-order valence-electron chi connectivity index (χ1n) is 12.1. The van der Waals surface area contributed by atoms with Crippen LogP contribution in [0.2, 0.25) is 0 Å². The number of rotatable bonds is 6. The number of hydrogen-bond acceptors (Lipinski definition) is 6. The molecule has 190 valence electrons. The van der Waals surface area contributed by atoms with E-state index >= 15 is 0 Å². The number of ether oxygens (including phenoxy) is 1. The Balaban J connectivity index is 1.54. The molecule has 35 heavy (non-hydrogen) atoms. The highest BCUT2D eigenvalue weighted by Gasteiger charge is 2.33. The number of carbonyl (C=O) groups is 2. The zero-order valence-corrected chi connectivity index (χ0v) is 22.4. The molecule has 3 heterocycles. The van der Waals surface area contributed by atoms with Crippen molar-refractivity contribution in [3.8, 4) is 0 Å². The molecule has 0 aliphatic carbocycles. The van der Waals surface area contributed by atoms with Crippen molar-refractivity contribution in [1.82, 2.24) is 4.31 Å². The maximum atomic E-state index is 13.1. The number of thiophene rings is 1. The van der Waals surface area contributed by atoms with Gasteiger partial charge < -0.3 is 15.0 Å². The summed E-state index contributed by atoms with van der Waals surface area (Å²) in [5, 5.41) is 3.36. The molecule has 10 heteroatoms. The summed E-state index contributed by atoms with van der Waals surface area (Å²) in [6.07, 6.45) is 1.78. The lowest BCUT2D eigenvalue weighted by molar-refractivity contribution is -0.913. The van der Waals surface area contributed by atoms with Crippen LogP contribution in [-0.4, -0.2) is 57.9 Å².